The van der Waals surface area contributed by atoms with Crippen molar-refractivity contribution in [1.82, 2.24) is 14.2 Å². The SMILES string of the molecule is [2H]C1O[C@@]2([2H])OCC[C@H]2[C@H]1N(C(=O)O)[C@@]([2H])(Cc1ccc(OCc2csc(C)n2)cc1)[C@H](O)CN(CC(C)C)S(=O)(=O)c1ccc2c(c1)OCO2. The lowest BCUT2D eigenvalue weighted by Gasteiger charge is -2.39. The summed E-state index contributed by atoms with van der Waals surface area (Å²) in [6, 6.07) is 6.83. The summed E-state index contributed by atoms with van der Waals surface area (Å²) in [6.07, 6.45) is -5.82. The van der Waals surface area contributed by atoms with Crippen LogP contribution >= 0.6 is 11.3 Å². The third-order valence-corrected chi connectivity index (χ3v) is 10.8. The zero-order valence-corrected chi connectivity index (χ0v) is 28.4. The number of hydrogen-bond acceptors (Lipinski definition) is 11. The fourth-order valence-corrected chi connectivity index (χ4v) is 8.15. The van der Waals surface area contributed by atoms with Crippen molar-refractivity contribution in [3.63, 3.8) is 0 Å². The minimum atomic E-state index is -4.32. The number of ether oxygens (including phenoxy) is 5. The summed E-state index contributed by atoms with van der Waals surface area (Å²) in [6.45, 7) is 3.37. The van der Waals surface area contributed by atoms with Crippen LogP contribution in [0.15, 0.2) is 52.7 Å². The first-order chi connectivity index (χ1) is 24.1. The number of aromatic nitrogens is 1. The van der Waals surface area contributed by atoms with Crippen molar-refractivity contribution < 1.29 is 51.2 Å². The maximum absolute atomic E-state index is 14.1. The molecule has 1 aromatic heterocycles. The van der Waals surface area contributed by atoms with Gasteiger partial charge >= 0.3 is 6.09 Å². The summed E-state index contributed by atoms with van der Waals surface area (Å²) < 4.78 is 83.9. The van der Waals surface area contributed by atoms with Crippen molar-refractivity contribution in [1.29, 1.82) is 0 Å². The Hall–Kier alpha value is -3.47. The van der Waals surface area contributed by atoms with Crippen LogP contribution < -0.4 is 14.2 Å². The van der Waals surface area contributed by atoms with Gasteiger partial charge in [0.25, 0.3) is 0 Å². The molecule has 0 saturated carbocycles. The summed E-state index contributed by atoms with van der Waals surface area (Å²) in [4.78, 5) is 18.1. The van der Waals surface area contributed by atoms with E-state index in [-0.39, 0.29) is 49.5 Å². The van der Waals surface area contributed by atoms with Gasteiger partial charge in [-0.3, -0.25) is 4.90 Å². The Labute approximate surface area is 288 Å². The molecule has 2 fully saturated rings. The average Bonchev–Trinajstić information content (AvgIpc) is 3.84. The molecule has 6 rings (SSSR count). The standard InChI is InChI=1S/C33H41N3O10S2/c1-20(2)14-35(48(40,41)25-8-9-30-31(13-25)46-19-45-30)15-29(37)27(36(33(38)39)28-17-44-32-26(28)10-11-42-32)12-22-4-6-24(7-5-22)43-16-23-18-47-21(3)34-23/h4-9,13,18,20,26-29,32,37H,10-12,14-17,19H2,1-3H3,(H,38,39)/t26-,27-,28-,29+,32+/m0/s1/i17D,27D,32D/t17?,26-,27-,28-,29+,32+. The molecule has 6 atom stereocenters. The van der Waals surface area contributed by atoms with Gasteiger partial charge in [0.05, 0.1) is 51.1 Å². The summed E-state index contributed by atoms with van der Waals surface area (Å²) in [5.74, 6) is -0.0554. The zero-order valence-electron chi connectivity index (χ0n) is 29.8. The number of benzene rings is 2. The van der Waals surface area contributed by atoms with Gasteiger partial charge in [-0.2, -0.15) is 4.31 Å². The number of hydrogen-bond donors (Lipinski definition) is 2. The molecule has 13 nitrogen and oxygen atoms in total. The molecule has 1 unspecified atom stereocenters. The van der Waals surface area contributed by atoms with E-state index >= 15 is 0 Å². The number of sulfonamides is 1. The van der Waals surface area contributed by atoms with Gasteiger partial charge in [0.1, 0.15) is 12.4 Å². The number of aliphatic hydroxyl groups is 1. The van der Waals surface area contributed by atoms with Crippen LogP contribution in [0.5, 0.6) is 17.2 Å². The van der Waals surface area contributed by atoms with Crippen molar-refractivity contribution in [2.45, 2.75) is 69.5 Å². The van der Waals surface area contributed by atoms with Gasteiger partial charge in [0.15, 0.2) is 17.8 Å². The third-order valence-electron chi connectivity index (χ3n) is 8.20. The minimum Gasteiger partial charge on any atom is -0.487 e. The molecule has 0 spiro atoms. The summed E-state index contributed by atoms with van der Waals surface area (Å²) in [5.41, 5.74) is 1.19. The lowest BCUT2D eigenvalue weighted by Crippen LogP contribution is -2.57. The van der Waals surface area contributed by atoms with Crippen molar-refractivity contribution in [2.24, 2.45) is 11.8 Å². The number of carbonyl (C=O) groups is 1. The highest BCUT2D eigenvalue weighted by molar-refractivity contribution is 7.89. The molecule has 1 amide bonds. The Morgan fingerprint density at radius 1 is 1.19 bits per heavy atom. The van der Waals surface area contributed by atoms with Gasteiger partial charge in [-0.15, -0.1) is 11.3 Å². The van der Waals surface area contributed by atoms with Crippen molar-refractivity contribution in [2.75, 3.05) is 33.1 Å². The molecular weight excluding hydrogens is 663 g/mol. The van der Waals surface area contributed by atoms with Crippen LogP contribution in [-0.4, -0.2) is 96.4 Å². The molecule has 48 heavy (non-hydrogen) atoms. The number of rotatable bonds is 14. The number of thiazole rings is 1. The smallest absolute Gasteiger partial charge is 0.407 e. The van der Waals surface area contributed by atoms with E-state index in [1.54, 1.807) is 38.1 Å². The maximum Gasteiger partial charge on any atom is 0.407 e. The molecule has 15 heteroatoms. The van der Waals surface area contributed by atoms with E-state index < -0.39 is 66.0 Å². The normalized spacial score (nSPS) is 26.0. The van der Waals surface area contributed by atoms with E-state index in [0.717, 1.165) is 15.0 Å². The molecule has 4 heterocycles. The molecular formula is C33H41N3O10S2. The summed E-state index contributed by atoms with van der Waals surface area (Å²) in [7, 11) is -4.32. The molecule has 0 bridgehead atoms. The van der Waals surface area contributed by atoms with E-state index in [1.165, 1.54) is 29.5 Å². The monoisotopic (exact) mass is 706 g/mol. The number of aliphatic hydroxyl groups excluding tert-OH is 1. The molecule has 3 aromatic rings. The van der Waals surface area contributed by atoms with Crippen LogP contribution in [0, 0.1) is 18.8 Å². The third kappa shape index (κ3) is 7.56. The van der Waals surface area contributed by atoms with E-state index in [9.17, 15) is 24.8 Å². The highest BCUT2D eigenvalue weighted by atomic mass is 32.2. The van der Waals surface area contributed by atoms with E-state index in [4.69, 9.17) is 26.4 Å². The summed E-state index contributed by atoms with van der Waals surface area (Å²) >= 11 is 1.50. The number of fused-ring (bicyclic) bond motifs is 2. The molecule has 2 saturated heterocycles. The Morgan fingerprint density at radius 3 is 2.67 bits per heavy atom. The Bertz CT molecular complexity index is 1830. The lowest BCUT2D eigenvalue weighted by molar-refractivity contribution is -0.0906. The topological polar surface area (TPSA) is 157 Å². The molecule has 2 N–H and O–H groups in total. The molecule has 0 aliphatic carbocycles. The predicted octanol–water partition coefficient (Wildman–Crippen LogP) is 4.12. The fourth-order valence-electron chi connectivity index (χ4n) is 5.93. The van der Waals surface area contributed by atoms with Crippen LogP contribution in [0.1, 0.15) is 40.6 Å². The van der Waals surface area contributed by atoms with E-state index in [0.29, 0.717) is 22.0 Å². The van der Waals surface area contributed by atoms with E-state index in [2.05, 4.69) is 4.98 Å². The molecule has 3 aliphatic rings. The van der Waals surface area contributed by atoms with Crippen LogP contribution in [0.2, 0.25) is 0 Å². The molecule has 0 radical (unpaired) electrons. The Kier molecular flexibility index (Phi) is 9.28. The largest absolute Gasteiger partial charge is 0.487 e. The highest BCUT2D eigenvalue weighted by Crippen LogP contribution is 2.37. The van der Waals surface area contributed by atoms with Gasteiger partial charge in [-0.1, -0.05) is 26.0 Å². The highest BCUT2D eigenvalue weighted by Gasteiger charge is 2.49. The number of nitrogens with zero attached hydrogens (tertiary/aromatic N) is 3. The quantitative estimate of drug-likeness (QED) is 0.249. The van der Waals surface area contributed by atoms with Crippen LogP contribution in [0.25, 0.3) is 0 Å². The summed E-state index contributed by atoms with van der Waals surface area (Å²) in [5, 5.41) is 25.6. The van der Waals surface area contributed by atoms with Crippen molar-refractivity contribution >= 4 is 27.5 Å². The predicted molar refractivity (Wildman–Crippen MR) is 175 cm³/mol. The van der Waals surface area contributed by atoms with Crippen LogP contribution in [0.4, 0.5) is 4.79 Å². The Morgan fingerprint density at radius 2 is 1.96 bits per heavy atom. The first kappa shape index (κ1) is 30.6. The second-order valence-electron chi connectivity index (χ2n) is 12.2. The first-order valence-electron chi connectivity index (χ1n) is 17.2. The second-order valence-corrected chi connectivity index (χ2v) is 15.2. The number of carboxylic acid groups (broad SMARTS) is 1. The second kappa shape index (κ2) is 14.6. The first-order valence-corrected chi connectivity index (χ1v) is 17.9. The number of aryl methyl sites for hydroxylation is 1. The van der Waals surface area contributed by atoms with Gasteiger partial charge in [0.2, 0.25) is 16.8 Å². The van der Waals surface area contributed by atoms with Gasteiger partial charge in [0, 0.05) is 30.5 Å². The van der Waals surface area contributed by atoms with Gasteiger partial charge in [-0.05, 0) is 55.5 Å². The number of amides is 1. The molecule has 3 aliphatic heterocycles. The zero-order chi connectivity index (χ0) is 36.7. The minimum absolute atomic E-state index is 0.0637. The average molecular weight is 707 g/mol. The van der Waals surface area contributed by atoms with E-state index in [1.807, 2.05) is 12.3 Å². The van der Waals surface area contributed by atoms with Gasteiger partial charge < -0.3 is 33.9 Å². The maximum atomic E-state index is 14.1. The Balaban J connectivity index is 1.34. The van der Waals surface area contributed by atoms with Crippen LogP contribution in [0.3, 0.4) is 0 Å². The van der Waals surface area contributed by atoms with Crippen molar-refractivity contribution in [3.05, 3.63) is 64.1 Å². The molecule has 260 valence electrons. The molecule has 2 aromatic carbocycles. The fraction of sp³-hybridized carbons (Fsp3) is 0.515. The lowest BCUT2D eigenvalue weighted by atomic mass is 9.93. The van der Waals surface area contributed by atoms with Crippen LogP contribution in [-0.2, 0) is 32.5 Å². The van der Waals surface area contributed by atoms with Gasteiger partial charge in [-0.25, -0.2) is 18.2 Å². The van der Waals surface area contributed by atoms with Crippen molar-refractivity contribution in [3.8, 4) is 17.2 Å².